The van der Waals surface area contributed by atoms with Gasteiger partial charge in [0.2, 0.25) is 6.29 Å². The second-order valence-electron chi connectivity index (χ2n) is 6.90. The third-order valence-corrected chi connectivity index (χ3v) is 5.06. The number of carbonyl (C=O) groups excluding carboxylic acids is 3. The molecule has 2 aliphatic rings. The molecule has 2 saturated heterocycles. The number of alkyl halides is 3. The molecule has 9 nitrogen and oxygen atoms in total. The number of amides is 1. The number of hydrogen-bond acceptors (Lipinski definition) is 8. The average Bonchev–Trinajstić information content (AvgIpc) is 2.69. The van der Waals surface area contributed by atoms with Gasteiger partial charge in [-0.3, -0.25) is 14.4 Å². The number of rotatable bonds is 4. The molecule has 0 saturated carbocycles. The molecule has 170 valence electrons. The lowest BCUT2D eigenvalue weighted by atomic mass is 9.95. The van der Waals surface area contributed by atoms with E-state index in [1.54, 1.807) is 12.1 Å². The second kappa shape index (κ2) is 9.89. The van der Waals surface area contributed by atoms with Crippen LogP contribution in [0.4, 0.5) is 0 Å². The van der Waals surface area contributed by atoms with Crippen LogP contribution in [0.1, 0.15) is 25.7 Å². The highest BCUT2D eigenvalue weighted by Crippen LogP contribution is 2.36. The monoisotopic (exact) mass is 495 g/mol. The van der Waals surface area contributed by atoms with Crippen molar-refractivity contribution in [1.82, 2.24) is 5.32 Å². The van der Waals surface area contributed by atoms with Gasteiger partial charge in [-0.1, -0.05) is 65.1 Å². The smallest absolute Gasteiger partial charge is 0.305 e. The van der Waals surface area contributed by atoms with Gasteiger partial charge in [-0.05, 0) is 0 Å². The van der Waals surface area contributed by atoms with Crippen LogP contribution in [0.3, 0.4) is 0 Å². The Hall–Kier alpha value is -1.62. The maximum absolute atomic E-state index is 12.3. The maximum atomic E-state index is 12.3. The van der Waals surface area contributed by atoms with E-state index in [1.807, 2.05) is 18.2 Å². The van der Waals surface area contributed by atoms with E-state index in [-0.39, 0.29) is 6.61 Å². The molecule has 0 aromatic heterocycles. The summed E-state index contributed by atoms with van der Waals surface area (Å²) < 4.78 is 25.9. The summed E-state index contributed by atoms with van der Waals surface area (Å²) in [5.41, 5.74) is 0.728. The lowest BCUT2D eigenvalue weighted by Gasteiger charge is -2.48. The van der Waals surface area contributed by atoms with Gasteiger partial charge in [0.1, 0.15) is 18.2 Å². The molecule has 0 aliphatic carbocycles. The Morgan fingerprint density at radius 2 is 1.68 bits per heavy atom. The van der Waals surface area contributed by atoms with Gasteiger partial charge in [-0.25, -0.2) is 0 Å². The predicted molar refractivity (Wildman–Crippen MR) is 108 cm³/mol. The van der Waals surface area contributed by atoms with Gasteiger partial charge in [0.25, 0.3) is 9.70 Å². The number of nitrogens with one attached hydrogen (secondary N) is 1. The van der Waals surface area contributed by atoms with Crippen LogP contribution in [0, 0.1) is 0 Å². The quantitative estimate of drug-likeness (QED) is 0.499. The van der Waals surface area contributed by atoms with Crippen LogP contribution >= 0.6 is 34.8 Å². The first kappa shape index (κ1) is 24.0. The highest BCUT2D eigenvalue weighted by molar-refractivity contribution is 6.76. The van der Waals surface area contributed by atoms with E-state index in [2.05, 4.69) is 5.32 Å². The van der Waals surface area contributed by atoms with Crippen molar-refractivity contribution in [3.8, 4) is 0 Å². The van der Waals surface area contributed by atoms with Crippen molar-refractivity contribution in [2.24, 2.45) is 0 Å². The summed E-state index contributed by atoms with van der Waals surface area (Å²) in [5, 5.41) is 2.42. The molecule has 1 aromatic carbocycles. The van der Waals surface area contributed by atoms with E-state index in [0.29, 0.717) is 0 Å². The Bertz CT molecular complexity index is 818. The second-order valence-corrected chi connectivity index (χ2v) is 9.18. The van der Waals surface area contributed by atoms with Crippen LogP contribution in [0.15, 0.2) is 30.3 Å². The van der Waals surface area contributed by atoms with E-state index < -0.39 is 58.6 Å². The molecule has 2 fully saturated rings. The molecule has 2 heterocycles. The summed E-state index contributed by atoms with van der Waals surface area (Å²) in [6.07, 6.45) is -4.91. The summed E-state index contributed by atoms with van der Waals surface area (Å²) in [7, 11) is 0. The van der Waals surface area contributed by atoms with Gasteiger partial charge in [0.05, 0.1) is 6.61 Å². The van der Waals surface area contributed by atoms with E-state index in [0.717, 1.165) is 12.5 Å². The molecular weight excluding hydrogens is 477 g/mol. The minimum Gasteiger partial charge on any atom is -0.457 e. The molecule has 0 unspecified atom stereocenters. The highest BCUT2D eigenvalue weighted by Gasteiger charge is 2.54. The van der Waals surface area contributed by atoms with Crippen LogP contribution in [0.2, 0.25) is 0 Å². The van der Waals surface area contributed by atoms with Crippen molar-refractivity contribution in [1.29, 1.82) is 0 Å². The van der Waals surface area contributed by atoms with Crippen LogP contribution in [0.25, 0.3) is 0 Å². The summed E-state index contributed by atoms with van der Waals surface area (Å²) in [5.74, 6) is -2.38. The van der Waals surface area contributed by atoms with Gasteiger partial charge >= 0.3 is 11.9 Å². The number of carbonyl (C=O) groups is 3. The standard InChI is InChI=1S/C19H20Cl3NO8/c1-9(24)28-15-13(23-18(26)19(20,21)22)17(29-10(2)25)30-12-8-27-16(31-14(12)15)11-6-4-3-5-7-11/h3-7,12-17H,8H2,1-2H3,(H,23,26)/t12-,13-,14-,15-,16-,17+/m1/s1. The van der Waals surface area contributed by atoms with Gasteiger partial charge in [-0.2, -0.15) is 0 Å². The molecule has 0 radical (unpaired) electrons. The number of ether oxygens (including phenoxy) is 5. The van der Waals surface area contributed by atoms with Crippen LogP contribution < -0.4 is 5.32 Å². The van der Waals surface area contributed by atoms with E-state index in [1.165, 1.54) is 6.92 Å². The van der Waals surface area contributed by atoms with Gasteiger partial charge in [0, 0.05) is 19.4 Å². The number of hydrogen-bond donors (Lipinski definition) is 1. The molecule has 31 heavy (non-hydrogen) atoms. The average molecular weight is 497 g/mol. The van der Waals surface area contributed by atoms with Crippen molar-refractivity contribution >= 4 is 52.6 Å². The molecule has 0 bridgehead atoms. The topological polar surface area (TPSA) is 109 Å². The fourth-order valence-corrected chi connectivity index (χ4v) is 3.50. The summed E-state index contributed by atoms with van der Waals surface area (Å²) in [4.78, 5) is 35.8. The highest BCUT2D eigenvalue weighted by atomic mass is 35.6. The molecule has 6 atom stereocenters. The van der Waals surface area contributed by atoms with E-state index in [9.17, 15) is 14.4 Å². The Morgan fingerprint density at radius 3 is 2.26 bits per heavy atom. The normalized spacial score (nSPS) is 30.6. The van der Waals surface area contributed by atoms with Crippen LogP contribution in [0.5, 0.6) is 0 Å². The maximum Gasteiger partial charge on any atom is 0.305 e. The third kappa shape index (κ3) is 6.00. The Labute approximate surface area is 193 Å². The minimum atomic E-state index is -2.32. The Balaban J connectivity index is 1.91. The largest absolute Gasteiger partial charge is 0.457 e. The zero-order chi connectivity index (χ0) is 22.8. The molecule has 3 rings (SSSR count). The van der Waals surface area contributed by atoms with Crippen molar-refractivity contribution < 1.29 is 38.1 Å². The molecular formula is C19H20Cl3NO8. The first-order valence-corrected chi connectivity index (χ1v) is 10.4. The number of esters is 2. The summed E-state index contributed by atoms with van der Waals surface area (Å²) >= 11 is 17.0. The number of halogens is 3. The van der Waals surface area contributed by atoms with Crippen molar-refractivity contribution in [2.75, 3.05) is 6.61 Å². The lowest BCUT2D eigenvalue weighted by molar-refractivity contribution is -0.339. The predicted octanol–water partition coefficient (Wildman–Crippen LogP) is 2.18. The van der Waals surface area contributed by atoms with Crippen molar-refractivity contribution in [3.63, 3.8) is 0 Å². The Morgan fingerprint density at radius 1 is 1.03 bits per heavy atom. The molecule has 1 N–H and O–H groups in total. The first-order valence-electron chi connectivity index (χ1n) is 9.26. The van der Waals surface area contributed by atoms with Gasteiger partial charge < -0.3 is 29.0 Å². The number of fused-ring (bicyclic) bond motifs is 1. The SMILES string of the molecule is CC(=O)O[C@H]1O[C@@H]2CO[C@@H](c3ccccc3)O[C@H]2[C@H](OC(C)=O)[C@H]1NC(=O)C(Cl)(Cl)Cl. The summed E-state index contributed by atoms with van der Waals surface area (Å²) in [6, 6.07) is 7.86. The third-order valence-electron chi connectivity index (χ3n) is 4.55. The van der Waals surface area contributed by atoms with Gasteiger partial charge in [-0.15, -0.1) is 0 Å². The molecule has 0 spiro atoms. The molecule has 1 amide bonds. The molecule has 1 aromatic rings. The zero-order valence-corrected chi connectivity index (χ0v) is 18.7. The number of benzene rings is 1. The fraction of sp³-hybridized carbons (Fsp3) is 0.526. The zero-order valence-electron chi connectivity index (χ0n) is 16.5. The van der Waals surface area contributed by atoms with Crippen LogP contribution in [-0.4, -0.2) is 58.9 Å². The lowest BCUT2D eigenvalue weighted by Crippen LogP contribution is -2.68. The minimum absolute atomic E-state index is 0.0465. The van der Waals surface area contributed by atoms with E-state index in [4.69, 9.17) is 58.5 Å². The fourth-order valence-electron chi connectivity index (χ4n) is 3.33. The Kier molecular flexibility index (Phi) is 7.67. The van der Waals surface area contributed by atoms with Crippen LogP contribution in [-0.2, 0) is 38.1 Å². The van der Waals surface area contributed by atoms with Gasteiger partial charge in [0.15, 0.2) is 12.4 Å². The summed E-state index contributed by atoms with van der Waals surface area (Å²) in [6.45, 7) is 2.39. The van der Waals surface area contributed by atoms with E-state index >= 15 is 0 Å². The van der Waals surface area contributed by atoms with Crippen molar-refractivity contribution in [3.05, 3.63) is 35.9 Å². The molecule has 12 heteroatoms. The molecule has 2 aliphatic heterocycles. The first-order chi connectivity index (χ1) is 14.6. The van der Waals surface area contributed by atoms with Crippen molar-refractivity contribution in [2.45, 2.75) is 54.6 Å².